The average molecular weight is 390 g/mol. The lowest BCUT2D eigenvalue weighted by molar-refractivity contribution is -0.0258. The number of carbonyl (C=O) groups is 1. The highest BCUT2D eigenvalue weighted by Gasteiger charge is 2.21. The van der Waals surface area contributed by atoms with E-state index < -0.39 is 10.0 Å². The number of benzene rings is 1. The predicted molar refractivity (Wildman–Crippen MR) is 102 cm³/mol. The van der Waals surface area contributed by atoms with E-state index in [0.717, 1.165) is 23.4 Å². The number of hydrogen-bond acceptors (Lipinski definition) is 6. The smallest absolute Gasteiger partial charge is 0.264 e. The summed E-state index contributed by atoms with van der Waals surface area (Å²) in [6.07, 6.45) is 3.97. The monoisotopic (exact) mass is 390 g/mol. The minimum atomic E-state index is -3.74. The number of pyridine rings is 1. The number of aromatic nitrogens is 1. The molecular formula is C18H22N4O4S. The molecule has 1 saturated heterocycles. The molecule has 3 rings (SSSR count). The molecular weight excluding hydrogens is 368 g/mol. The van der Waals surface area contributed by atoms with Gasteiger partial charge in [0.1, 0.15) is 5.82 Å². The maximum atomic E-state index is 12.4. The quantitative estimate of drug-likeness (QED) is 0.760. The van der Waals surface area contributed by atoms with E-state index in [2.05, 4.69) is 15.2 Å². The van der Waals surface area contributed by atoms with Gasteiger partial charge in [0.15, 0.2) is 0 Å². The van der Waals surface area contributed by atoms with Crippen LogP contribution in [0.15, 0.2) is 47.5 Å². The van der Waals surface area contributed by atoms with Gasteiger partial charge >= 0.3 is 0 Å². The van der Waals surface area contributed by atoms with Crippen molar-refractivity contribution >= 4 is 27.4 Å². The van der Waals surface area contributed by atoms with Gasteiger partial charge in [0.25, 0.3) is 15.9 Å². The molecule has 2 aromatic rings. The molecule has 27 heavy (non-hydrogen) atoms. The lowest BCUT2D eigenvalue weighted by Crippen LogP contribution is -2.25. The molecule has 0 atom stereocenters. The van der Waals surface area contributed by atoms with E-state index in [-0.39, 0.29) is 10.8 Å². The Balaban J connectivity index is 1.67. The van der Waals surface area contributed by atoms with Gasteiger partial charge < -0.3 is 10.2 Å². The van der Waals surface area contributed by atoms with Crippen molar-refractivity contribution in [2.75, 3.05) is 37.5 Å². The maximum Gasteiger partial charge on any atom is 0.264 e. The fourth-order valence-electron chi connectivity index (χ4n) is 2.82. The molecule has 1 amide bonds. The number of carbonyl (C=O) groups excluding carboxylic acids is 1. The molecule has 1 N–H and O–H groups in total. The summed E-state index contributed by atoms with van der Waals surface area (Å²) in [5.41, 5.74) is 0.927. The van der Waals surface area contributed by atoms with Crippen LogP contribution in [0.1, 0.15) is 23.2 Å². The van der Waals surface area contributed by atoms with Gasteiger partial charge in [0.05, 0.1) is 23.9 Å². The average Bonchev–Trinajstić information content (AvgIpc) is 3.22. The second kappa shape index (κ2) is 8.03. The van der Waals surface area contributed by atoms with E-state index >= 15 is 0 Å². The molecule has 8 nitrogen and oxygen atoms in total. The van der Waals surface area contributed by atoms with Crippen LogP contribution in [0.4, 0.5) is 11.5 Å². The highest BCUT2D eigenvalue weighted by Crippen LogP contribution is 2.20. The first-order valence-corrected chi connectivity index (χ1v) is 10.0. The Morgan fingerprint density at radius 3 is 2.37 bits per heavy atom. The molecule has 144 valence electrons. The molecule has 0 unspecified atom stereocenters. The highest BCUT2D eigenvalue weighted by molar-refractivity contribution is 7.89. The largest absolute Gasteiger partial charge is 0.357 e. The highest BCUT2D eigenvalue weighted by atomic mass is 32.2. The zero-order valence-corrected chi connectivity index (χ0v) is 16.1. The minimum absolute atomic E-state index is 0.0417. The Morgan fingerprint density at radius 2 is 1.81 bits per heavy atom. The van der Waals surface area contributed by atoms with Crippen LogP contribution in [0.2, 0.25) is 0 Å². The lowest BCUT2D eigenvalue weighted by Gasteiger charge is -2.16. The molecule has 0 spiro atoms. The fourth-order valence-corrected chi connectivity index (χ4v) is 3.79. The van der Waals surface area contributed by atoms with Crippen LogP contribution >= 0.6 is 0 Å². The molecule has 1 fully saturated rings. The molecule has 1 aromatic heterocycles. The van der Waals surface area contributed by atoms with Crippen molar-refractivity contribution in [3.05, 3.63) is 48.2 Å². The van der Waals surface area contributed by atoms with E-state index in [9.17, 15) is 13.2 Å². The van der Waals surface area contributed by atoms with Crippen molar-refractivity contribution < 1.29 is 18.0 Å². The van der Waals surface area contributed by atoms with Crippen LogP contribution < -0.4 is 10.2 Å². The van der Waals surface area contributed by atoms with E-state index in [4.69, 9.17) is 4.84 Å². The topological polar surface area (TPSA) is 91.8 Å². The van der Waals surface area contributed by atoms with Crippen LogP contribution in [0.5, 0.6) is 0 Å². The second-order valence-corrected chi connectivity index (χ2v) is 8.11. The third-order valence-electron chi connectivity index (χ3n) is 4.45. The predicted octanol–water partition coefficient (Wildman–Crippen LogP) is 2.12. The first-order valence-electron chi connectivity index (χ1n) is 8.57. The van der Waals surface area contributed by atoms with E-state index in [1.54, 1.807) is 6.20 Å². The molecule has 0 aliphatic carbocycles. The van der Waals surface area contributed by atoms with Crippen LogP contribution in [0.3, 0.4) is 0 Å². The van der Waals surface area contributed by atoms with Gasteiger partial charge in [0, 0.05) is 25.7 Å². The number of hydrogen-bond donors (Lipinski definition) is 1. The Labute approximate surface area is 158 Å². The molecule has 2 heterocycles. The summed E-state index contributed by atoms with van der Waals surface area (Å²) in [5, 5.41) is 2.76. The summed E-state index contributed by atoms with van der Waals surface area (Å²) < 4.78 is 25.1. The lowest BCUT2D eigenvalue weighted by atomic mass is 10.2. The third-order valence-corrected chi connectivity index (χ3v) is 6.14. The summed E-state index contributed by atoms with van der Waals surface area (Å²) in [6, 6.07) is 9.35. The van der Waals surface area contributed by atoms with Gasteiger partial charge in [-0.2, -0.15) is 0 Å². The summed E-state index contributed by atoms with van der Waals surface area (Å²) in [4.78, 5) is 23.7. The summed E-state index contributed by atoms with van der Waals surface area (Å²) in [6.45, 7) is 2.01. The van der Waals surface area contributed by atoms with Gasteiger partial charge in [-0.1, -0.05) is 4.47 Å². The van der Waals surface area contributed by atoms with Crippen molar-refractivity contribution in [3.63, 3.8) is 0 Å². The van der Waals surface area contributed by atoms with E-state index in [1.165, 1.54) is 51.3 Å². The Bertz CT molecular complexity index is 892. The first-order chi connectivity index (χ1) is 12.9. The zero-order chi connectivity index (χ0) is 19.4. The molecule has 0 saturated carbocycles. The van der Waals surface area contributed by atoms with Crippen molar-refractivity contribution in [1.29, 1.82) is 0 Å². The minimum Gasteiger partial charge on any atom is -0.357 e. The SMILES string of the molecule is CON(C)S(=O)(=O)c1ccc(C(=O)Nc2ccc(N3CCCC3)nc2)cc1. The molecule has 9 heteroatoms. The number of nitrogens with zero attached hydrogens (tertiary/aromatic N) is 3. The van der Waals surface area contributed by atoms with Gasteiger partial charge in [-0.15, -0.1) is 0 Å². The normalized spacial score (nSPS) is 14.6. The Hall–Kier alpha value is -2.49. The van der Waals surface area contributed by atoms with E-state index in [0.29, 0.717) is 11.3 Å². The number of anilines is 2. The number of rotatable bonds is 6. The number of sulfonamides is 1. The van der Waals surface area contributed by atoms with Crippen molar-refractivity contribution in [2.45, 2.75) is 17.7 Å². The Morgan fingerprint density at radius 1 is 1.15 bits per heavy atom. The number of nitrogens with one attached hydrogen (secondary N) is 1. The number of amides is 1. The molecule has 1 aromatic carbocycles. The third kappa shape index (κ3) is 4.26. The standard InChI is InChI=1S/C18H22N4O4S/c1-21(26-2)27(24,25)16-8-5-14(6-9-16)18(23)20-15-7-10-17(19-13-15)22-11-3-4-12-22/h5-10,13H,3-4,11-12H2,1-2H3,(H,20,23). The van der Waals surface area contributed by atoms with Gasteiger partial charge in [-0.3, -0.25) is 9.63 Å². The fraction of sp³-hybridized carbons (Fsp3) is 0.333. The van der Waals surface area contributed by atoms with Gasteiger partial charge in [-0.25, -0.2) is 13.4 Å². The van der Waals surface area contributed by atoms with Crippen LogP contribution in [0.25, 0.3) is 0 Å². The molecule has 0 bridgehead atoms. The van der Waals surface area contributed by atoms with Crippen LogP contribution in [-0.4, -0.2) is 51.0 Å². The first kappa shape index (κ1) is 19.3. The summed E-state index contributed by atoms with van der Waals surface area (Å²) in [7, 11) is -1.17. The maximum absolute atomic E-state index is 12.4. The van der Waals surface area contributed by atoms with E-state index in [1.807, 2.05) is 12.1 Å². The summed E-state index contributed by atoms with van der Waals surface area (Å²) in [5.74, 6) is 0.567. The van der Waals surface area contributed by atoms with Crippen LogP contribution in [0, 0.1) is 0 Å². The molecule has 0 radical (unpaired) electrons. The molecule has 1 aliphatic rings. The Kier molecular flexibility index (Phi) is 5.73. The van der Waals surface area contributed by atoms with Crippen molar-refractivity contribution in [3.8, 4) is 0 Å². The second-order valence-electron chi connectivity index (χ2n) is 6.18. The van der Waals surface area contributed by atoms with Gasteiger partial charge in [-0.05, 0) is 49.2 Å². The van der Waals surface area contributed by atoms with Gasteiger partial charge in [0.2, 0.25) is 0 Å². The molecule has 1 aliphatic heterocycles. The number of hydroxylamine groups is 1. The van der Waals surface area contributed by atoms with Crippen molar-refractivity contribution in [2.24, 2.45) is 0 Å². The summed E-state index contributed by atoms with van der Waals surface area (Å²) >= 11 is 0. The van der Waals surface area contributed by atoms with Crippen molar-refractivity contribution in [1.82, 2.24) is 9.45 Å². The zero-order valence-electron chi connectivity index (χ0n) is 15.3. The van der Waals surface area contributed by atoms with Crippen LogP contribution in [-0.2, 0) is 14.9 Å².